The summed E-state index contributed by atoms with van der Waals surface area (Å²) < 4.78 is 0. The molecule has 0 radical (unpaired) electrons. The van der Waals surface area contributed by atoms with E-state index in [-0.39, 0.29) is 12.1 Å². The zero-order chi connectivity index (χ0) is 19.9. The van der Waals surface area contributed by atoms with E-state index in [1.807, 2.05) is 36.4 Å². The van der Waals surface area contributed by atoms with Crippen LogP contribution in [0.15, 0.2) is 48.8 Å². The second-order valence-electron chi connectivity index (χ2n) is 6.28. The summed E-state index contributed by atoms with van der Waals surface area (Å²) in [7, 11) is 0. The third-order valence-corrected chi connectivity index (χ3v) is 3.99. The van der Waals surface area contributed by atoms with Crippen molar-refractivity contribution in [2.24, 2.45) is 0 Å². The third kappa shape index (κ3) is 9.51. The van der Waals surface area contributed by atoms with Gasteiger partial charge in [0, 0.05) is 25.5 Å². The van der Waals surface area contributed by atoms with Gasteiger partial charge in [-0.3, -0.25) is 9.97 Å². The highest BCUT2D eigenvalue weighted by Gasteiger charge is 2.01. The fraction of sp³-hybridized carbons (Fsp3) is 0.400. The first-order chi connectivity index (χ1) is 13.7. The van der Waals surface area contributed by atoms with Crippen LogP contribution in [0.1, 0.15) is 37.1 Å². The monoisotopic (exact) mass is 384 g/mol. The van der Waals surface area contributed by atoms with E-state index in [1.54, 1.807) is 12.4 Å². The van der Waals surface area contributed by atoms with Crippen LogP contribution in [0.3, 0.4) is 0 Å². The van der Waals surface area contributed by atoms with Crippen LogP contribution in [0.4, 0.5) is 9.59 Å². The number of carbonyl (C=O) groups is 2. The standard InChI is InChI=1S/C20H28N6O2/c27-19(25-15-17-9-3-7-11-21-17)23-13-5-1-2-6-14-24-20(28)26-16-18-10-4-8-12-22-18/h3-4,7-12H,1-2,5-6,13-16H2,(H2,23,25,27)(H2,24,26,28). The molecule has 0 aliphatic rings. The zero-order valence-electron chi connectivity index (χ0n) is 16.0. The maximum Gasteiger partial charge on any atom is 0.315 e. The second kappa shape index (κ2) is 13.1. The van der Waals surface area contributed by atoms with Gasteiger partial charge < -0.3 is 21.3 Å². The fourth-order valence-corrected chi connectivity index (χ4v) is 2.48. The molecule has 4 amide bonds. The summed E-state index contributed by atoms with van der Waals surface area (Å²) >= 11 is 0. The van der Waals surface area contributed by atoms with Crippen LogP contribution < -0.4 is 21.3 Å². The quantitative estimate of drug-likeness (QED) is 0.446. The van der Waals surface area contributed by atoms with Crippen LogP contribution in [0.5, 0.6) is 0 Å². The predicted octanol–water partition coefficient (Wildman–Crippen LogP) is 2.34. The number of carbonyl (C=O) groups excluding carboxylic acids is 2. The molecule has 8 heteroatoms. The molecule has 8 nitrogen and oxygen atoms in total. The molecule has 0 saturated heterocycles. The number of aromatic nitrogens is 2. The molecule has 0 aromatic carbocycles. The summed E-state index contributed by atoms with van der Waals surface area (Å²) in [4.78, 5) is 31.7. The molecular weight excluding hydrogens is 356 g/mol. The van der Waals surface area contributed by atoms with E-state index in [0.717, 1.165) is 37.1 Å². The Hall–Kier alpha value is -3.16. The Morgan fingerprint density at radius 2 is 1.11 bits per heavy atom. The van der Waals surface area contributed by atoms with Crippen molar-refractivity contribution in [3.05, 3.63) is 60.2 Å². The Kier molecular flexibility index (Phi) is 9.87. The van der Waals surface area contributed by atoms with E-state index >= 15 is 0 Å². The van der Waals surface area contributed by atoms with Crippen molar-refractivity contribution in [2.75, 3.05) is 13.1 Å². The van der Waals surface area contributed by atoms with Gasteiger partial charge in [0.2, 0.25) is 0 Å². The lowest BCUT2D eigenvalue weighted by Crippen LogP contribution is -2.36. The molecule has 0 bridgehead atoms. The van der Waals surface area contributed by atoms with E-state index in [1.165, 1.54) is 0 Å². The van der Waals surface area contributed by atoms with Crippen molar-refractivity contribution in [3.63, 3.8) is 0 Å². The smallest absolute Gasteiger partial charge is 0.315 e. The second-order valence-corrected chi connectivity index (χ2v) is 6.28. The highest BCUT2D eigenvalue weighted by atomic mass is 16.2. The van der Waals surface area contributed by atoms with Crippen LogP contribution in [0, 0.1) is 0 Å². The Morgan fingerprint density at radius 1 is 0.643 bits per heavy atom. The lowest BCUT2D eigenvalue weighted by Gasteiger charge is -2.08. The summed E-state index contributed by atoms with van der Waals surface area (Å²) in [6, 6.07) is 10.8. The van der Waals surface area contributed by atoms with Crippen LogP contribution in [0.25, 0.3) is 0 Å². The van der Waals surface area contributed by atoms with Gasteiger partial charge in [0.1, 0.15) is 0 Å². The molecule has 0 aliphatic heterocycles. The largest absolute Gasteiger partial charge is 0.338 e. The average molecular weight is 384 g/mol. The van der Waals surface area contributed by atoms with Crippen molar-refractivity contribution >= 4 is 12.1 Å². The van der Waals surface area contributed by atoms with E-state index in [2.05, 4.69) is 31.2 Å². The number of urea groups is 2. The molecule has 150 valence electrons. The van der Waals surface area contributed by atoms with Gasteiger partial charge in [-0.15, -0.1) is 0 Å². The average Bonchev–Trinajstić information content (AvgIpc) is 2.74. The van der Waals surface area contributed by atoms with Crippen LogP contribution in [-0.2, 0) is 13.1 Å². The molecule has 4 N–H and O–H groups in total. The molecule has 0 fully saturated rings. The molecular formula is C20H28N6O2. The van der Waals surface area contributed by atoms with Gasteiger partial charge >= 0.3 is 12.1 Å². The van der Waals surface area contributed by atoms with E-state index in [9.17, 15) is 9.59 Å². The van der Waals surface area contributed by atoms with Gasteiger partial charge in [-0.05, 0) is 37.1 Å². The van der Waals surface area contributed by atoms with Crippen molar-refractivity contribution in [2.45, 2.75) is 38.8 Å². The summed E-state index contributed by atoms with van der Waals surface area (Å²) in [5, 5.41) is 11.2. The van der Waals surface area contributed by atoms with Crippen molar-refractivity contribution < 1.29 is 9.59 Å². The SMILES string of the molecule is O=C(NCCCCCCNC(=O)NCc1ccccn1)NCc1ccccn1. The van der Waals surface area contributed by atoms with Crippen molar-refractivity contribution in [3.8, 4) is 0 Å². The van der Waals surface area contributed by atoms with Gasteiger partial charge in [-0.1, -0.05) is 25.0 Å². The Labute approximate surface area is 165 Å². The molecule has 28 heavy (non-hydrogen) atoms. The molecule has 0 aliphatic carbocycles. The Balaban J connectivity index is 1.39. The molecule has 0 spiro atoms. The topological polar surface area (TPSA) is 108 Å². The van der Waals surface area contributed by atoms with Gasteiger partial charge in [-0.2, -0.15) is 0 Å². The first-order valence-corrected chi connectivity index (χ1v) is 9.57. The lowest BCUT2D eigenvalue weighted by molar-refractivity contribution is 0.239. The number of pyridine rings is 2. The van der Waals surface area contributed by atoms with Gasteiger partial charge in [0.15, 0.2) is 0 Å². The maximum absolute atomic E-state index is 11.7. The van der Waals surface area contributed by atoms with Crippen LogP contribution in [0.2, 0.25) is 0 Å². The number of nitrogens with one attached hydrogen (secondary N) is 4. The molecule has 2 aromatic heterocycles. The lowest BCUT2D eigenvalue weighted by atomic mass is 10.2. The fourth-order valence-electron chi connectivity index (χ4n) is 2.48. The van der Waals surface area contributed by atoms with Crippen molar-refractivity contribution in [1.82, 2.24) is 31.2 Å². The highest BCUT2D eigenvalue weighted by molar-refractivity contribution is 5.74. The summed E-state index contributed by atoms with van der Waals surface area (Å²) in [5.41, 5.74) is 1.66. The number of nitrogens with zero attached hydrogens (tertiary/aromatic N) is 2. The minimum absolute atomic E-state index is 0.183. The third-order valence-electron chi connectivity index (χ3n) is 3.99. The van der Waals surface area contributed by atoms with E-state index in [4.69, 9.17) is 0 Å². The van der Waals surface area contributed by atoms with E-state index in [0.29, 0.717) is 26.2 Å². The number of amides is 4. The first-order valence-electron chi connectivity index (χ1n) is 9.57. The van der Waals surface area contributed by atoms with Gasteiger partial charge in [-0.25, -0.2) is 9.59 Å². The zero-order valence-corrected chi connectivity index (χ0v) is 16.0. The van der Waals surface area contributed by atoms with Crippen molar-refractivity contribution in [1.29, 1.82) is 0 Å². The summed E-state index contributed by atoms with van der Waals surface area (Å²) in [5.74, 6) is 0. The minimum atomic E-state index is -0.183. The van der Waals surface area contributed by atoms with E-state index < -0.39 is 0 Å². The molecule has 0 saturated carbocycles. The minimum Gasteiger partial charge on any atom is -0.338 e. The molecule has 2 aromatic rings. The van der Waals surface area contributed by atoms with Crippen LogP contribution >= 0.6 is 0 Å². The van der Waals surface area contributed by atoms with Gasteiger partial charge in [0.25, 0.3) is 0 Å². The number of unbranched alkanes of at least 4 members (excludes halogenated alkanes) is 3. The summed E-state index contributed by atoms with van der Waals surface area (Å²) in [6.45, 7) is 2.10. The number of rotatable bonds is 11. The highest BCUT2D eigenvalue weighted by Crippen LogP contribution is 1.98. The summed E-state index contributed by atoms with van der Waals surface area (Å²) in [6.07, 6.45) is 7.21. The first kappa shape index (κ1) is 21.1. The maximum atomic E-state index is 11.7. The number of hydrogen-bond acceptors (Lipinski definition) is 4. The Morgan fingerprint density at radius 3 is 1.50 bits per heavy atom. The molecule has 2 rings (SSSR count). The Bertz CT molecular complexity index is 635. The van der Waals surface area contributed by atoms with Crippen LogP contribution in [-0.4, -0.2) is 35.1 Å². The molecule has 0 atom stereocenters. The predicted molar refractivity (Wildman–Crippen MR) is 107 cm³/mol. The number of hydrogen-bond donors (Lipinski definition) is 4. The van der Waals surface area contributed by atoms with Gasteiger partial charge in [0.05, 0.1) is 24.5 Å². The molecule has 2 heterocycles. The normalized spacial score (nSPS) is 10.1. The molecule has 0 unspecified atom stereocenters.